The molecular formula is C23H24Cl3FN2O2. The fourth-order valence-electron chi connectivity index (χ4n) is 3.78. The third kappa shape index (κ3) is 5.91. The molecule has 31 heavy (non-hydrogen) atoms. The lowest BCUT2D eigenvalue weighted by molar-refractivity contribution is -0.140. The van der Waals surface area contributed by atoms with Crippen molar-refractivity contribution in [2.24, 2.45) is 0 Å². The molecule has 2 amide bonds. The lowest BCUT2D eigenvalue weighted by Gasteiger charge is -2.30. The number of hydrogen-bond donors (Lipinski definition) is 1. The standard InChI is InChI=1S/C23H24Cl3FN2O2/c1-14(23(31)28-15-6-2-3-7-15)29(13-17-19(25)8-4-9-20(17)26)22(30)12-16-18(24)10-5-11-21(16)27/h4-5,8-11,14-15H,2-3,6-7,12-13H2,1H3,(H,28,31)/t14-/m1/s1. The van der Waals surface area contributed by atoms with Crippen LogP contribution in [-0.4, -0.2) is 28.8 Å². The number of amides is 2. The molecule has 0 radical (unpaired) electrons. The van der Waals surface area contributed by atoms with Crippen LogP contribution in [0.1, 0.15) is 43.7 Å². The first-order chi connectivity index (χ1) is 14.8. The lowest BCUT2D eigenvalue weighted by atomic mass is 10.1. The van der Waals surface area contributed by atoms with E-state index in [1.165, 1.54) is 23.1 Å². The molecule has 2 aromatic rings. The summed E-state index contributed by atoms with van der Waals surface area (Å²) in [6, 6.07) is 8.60. The predicted molar refractivity (Wildman–Crippen MR) is 122 cm³/mol. The molecule has 0 spiro atoms. The molecule has 0 aliphatic heterocycles. The van der Waals surface area contributed by atoms with Crippen molar-refractivity contribution in [3.63, 3.8) is 0 Å². The van der Waals surface area contributed by atoms with E-state index >= 15 is 0 Å². The van der Waals surface area contributed by atoms with Crippen molar-refractivity contribution in [1.82, 2.24) is 10.2 Å². The van der Waals surface area contributed by atoms with Crippen LogP contribution >= 0.6 is 34.8 Å². The van der Waals surface area contributed by atoms with Crippen molar-refractivity contribution in [3.8, 4) is 0 Å². The van der Waals surface area contributed by atoms with Crippen LogP contribution in [0.15, 0.2) is 36.4 Å². The van der Waals surface area contributed by atoms with E-state index in [2.05, 4.69) is 5.32 Å². The Morgan fingerprint density at radius 3 is 2.16 bits per heavy atom. The van der Waals surface area contributed by atoms with Gasteiger partial charge in [-0.3, -0.25) is 9.59 Å². The second-order valence-corrected chi connectivity index (χ2v) is 8.99. The maximum Gasteiger partial charge on any atom is 0.242 e. The van der Waals surface area contributed by atoms with Gasteiger partial charge in [-0.2, -0.15) is 0 Å². The van der Waals surface area contributed by atoms with E-state index in [4.69, 9.17) is 34.8 Å². The monoisotopic (exact) mass is 484 g/mol. The van der Waals surface area contributed by atoms with Crippen molar-refractivity contribution >= 4 is 46.6 Å². The minimum Gasteiger partial charge on any atom is -0.352 e. The van der Waals surface area contributed by atoms with Gasteiger partial charge in [-0.1, -0.05) is 59.8 Å². The van der Waals surface area contributed by atoms with Crippen molar-refractivity contribution in [2.45, 2.75) is 57.7 Å². The van der Waals surface area contributed by atoms with E-state index in [-0.39, 0.29) is 35.5 Å². The minimum absolute atomic E-state index is 0.0165. The van der Waals surface area contributed by atoms with Gasteiger partial charge >= 0.3 is 0 Å². The van der Waals surface area contributed by atoms with Gasteiger partial charge in [0.25, 0.3) is 0 Å². The van der Waals surface area contributed by atoms with Gasteiger partial charge in [0.15, 0.2) is 0 Å². The molecule has 1 fully saturated rings. The quantitative estimate of drug-likeness (QED) is 0.538. The number of carbonyl (C=O) groups excluding carboxylic acids is 2. The Labute approximate surface area is 196 Å². The topological polar surface area (TPSA) is 49.4 Å². The summed E-state index contributed by atoms with van der Waals surface area (Å²) in [5.41, 5.74) is 0.618. The Kier molecular flexibility index (Phi) is 8.20. The van der Waals surface area contributed by atoms with Crippen LogP contribution < -0.4 is 5.32 Å². The molecule has 1 N–H and O–H groups in total. The van der Waals surface area contributed by atoms with E-state index in [9.17, 15) is 14.0 Å². The molecule has 1 atom stereocenters. The maximum atomic E-state index is 14.3. The molecule has 0 aromatic heterocycles. The van der Waals surface area contributed by atoms with Gasteiger partial charge in [-0.25, -0.2) is 4.39 Å². The highest BCUT2D eigenvalue weighted by Gasteiger charge is 2.30. The molecule has 3 rings (SSSR count). The molecule has 1 saturated carbocycles. The van der Waals surface area contributed by atoms with Crippen LogP contribution in [0.4, 0.5) is 4.39 Å². The molecule has 0 saturated heterocycles. The molecule has 1 aliphatic rings. The fraction of sp³-hybridized carbons (Fsp3) is 0.391. The molecular weight excluding hydrogens is 462 g/mol. The Balaban J connectivity index is 1.87. The maximum absolute atomic E-state index is 14.3. The summed E-state index contributed by atoms with van der Waals surface area (Å²) in [5.74, 6) is -1.28. The van der Waals surface area contributed by atoms with Crippen LogP contribution in [0.25, 0.3) is 0 Å². The minimum atomic E-state index is -0.800. The number of carbonyl (C=O) groups is 2. The van der Waals surface area contributed by atoms with Crippen molar-refractivity contribution in [1.29, 1.82) is 0 Å². The summed E-state index contributed by atoms with van der Waals surface area (Å²) >= 11 is 18.7. The summed E-state index contributed by atoms with van der Waals surface area (Å²) in [6.45, 7) is 1.67. The van der Waals surface area contributed by atoms with Crippen molar-refractivity contribution in [2.75, 3.05) is 0 Å². The van der Waals surface area contributed by atoms with Crippen molar-refractivity contribution < 1.29 is 14.0 Å². The van der Waals surface area contributed by atoms with Gasteiger partial charge in [-0.05, 0) is 44.0 Å². The molecule has 1 aliphatic carbocycles. The van der Waals surface area contributed by atoms with Gasteiger partial charge in [0.1, 0.15) is 11.9 Å². The zero-order valence-electron chi connectivity index (χ0n) is 17.1. The highest BCUT2D eigenvalue weighted by molar-refractivity contribution is 6.36. The Morgan fingerprint density at radius 1 is 1.03 bits per heavy atom. The summed E-state index contributed by atoms with van der Waals surface area (Å²) in [6.07, 6.45) is 3.71. The number of nitrogens with one attached hydrogen (secondary N) is 1. The predicted octanol–water partition coefficient (Wildman–Crippen LogP) is 5.80. The van der Waals surface area contributed by atoms with E-state index < -0.39 is 17.8 Å². The van der Waals surface area contributed by atoms with E-state index in [1.807, 2.05) is 0 Å². The van der Waals surface area contributed by atoms with Gasteiger partial charge in [0.05, 0.1) is 6.42 Å². The summed E-state index contributed by atoms with van der Waals surface area (Å²) in [7, 11) is 0. The highest BCUT2D eigenvalue weighted by Crippen LogP contribution is 2.28. The van der Waals surface area contributed by atoms with E-state index in [0.29, 0.717) is 15.6 Å². The average Bonchev–Trinajstić information content (AvgIpc) is 3.23. The summed E-state index contributed by atoms with van der Waals surface area (Å²) in [5, 5.41) is 3.95. The Bertz CT molecular complexity index is 923. The van der Waals surface area contributed by atoms with Crippen LogP contribution in [0.3, 0.4) is 0 Å². The number of benzene rings is 2. The van der Waals surface area contributed by atoms with Crippen LogP contribution in [-0.2, 0) is 22.6 Å². The van der Waals surface area contributed by atoms with Gasteiger partial charge in [0, 0.05) is 38.8 Å². The molecule has 8 heteroatoms. The zero-order valence-corrected chi connectivity index (χ0v) is 19.4. The molecule has 0 heterocycles. The van der Waals surface area contributed by atoms with Crippen LogP contribution in [0, 0.1) is 5.82 Å². The first-order valence-electron chi connectivity index (χ1n) is 10.2. The van der Waals surface area contributed by atoms with Crippen molar-refractivity contribution in [3.05, 3.63) is 68.4 Å². The normalized spacial score (nSPS) is 15.0. The van der Waals surface area contributed by atoms with Crippen LogP contribution in [0.2, 0.25) is 15.1 Å². The van der Waals surface area contributed by atoms with Gasteiger partial charge < -0.3 is 10.2 Å². The summed E-state index contributed by atoms with van der Waals surface area (Å²) in [4.78, 5) is 27.6. The molecule has 166 valence electrons. The third-order valence-corrected chi connectivity index (χ3v) is 6.71. The van der Waals surface area contributed by atoms with E-state index in [0.717, 1.165) is 25.7 Å². The molecule has 4 nitrogen and oxygen atoms in total. The first kappa shape index (κ1) is 23.8. The second-order valence-electron chi connectivity index (χ2n) is 7.76. The fourth-order valence-corrected chi connectivity index (χ4v) is 4.53. The number of rotatable bonds is 7. The summed E-state index contributed by atoms with van der Waals surface area (Å²) < 4.78 is 14.3. The molecule has 2 aromatic carbocycles. The largest absolute Gasteiger partial charge is 0.352 e. The lowest BCUT2D eigenvalue weighted by Crippen LogP contribution is -2.50. The first-order valence-corrected chi connectivity index (χ1v) is 11.4. The number of hydrogen-bond acceptors (Lipinski definition) is 2. The smallest absolute Gasteiger partial charge is 0.242 e. The Hall–Kier alpha value is -1.82. The SMILES string of the molecule is C[C@H](C(=O)NC1CCCC1)N(Cc1c(Cl)cccc1Cl)C(=O)Cc1c(F)cccc1Cl. The third-order valence-electron chi connectivity index (χ3n) is 5.65. The Morgan fingerprint density at radius 2 is 1.58 bits per heavy atom. The second kappa shape index (κ2) is 10.7. The van der Waals surface area contributed by atoms with Gasteiger partial charge in [0.2, 0.25) is 11.8 Å². The number of nitrogens with zero attached hydrogens (tertiary/aromatic N) is 1. The zero-order chi connectivity index (χ0) is 22.5. The van der Waals surface area contributed by atoms with Gasteiger partial charge in [-0.15, -0.1) is 0 Å². The average molecular weight is 486 g/mol. The number of halogens is 4. The molecule has 0 bridgehead atoms. The van der Waals surface area contributed by atoms with Crippen LogP contribution in [0.5, 0.6) is 0 Å². The highest BCUT2D eigenvalue weighted by atomic mass is 35.5. The van der Waals surface area contributed by atoms with E-state index in [1.54, 1.807) is 25.1 Å². The molecule has 0 unspecified atom stereocenters.